The second kappa shape index (κ2) is 4.70. The minimum Gasteiger partial charge on any atom is -0.408 e. The highest BCUT2D eigenvalue weighted by atomic mass is 35.5. The van der Waals surface area contributed by atoms with Crippen LogP contribution >= 0.6 is 11.6 Å². The van der Waals surface area contributed by atoms with Crippen molar-refractivity contribution < 1.29 is 15.1 Å². The first-order chi connectivity index (χ1) is 8.11. The number of hydrogen-bond acceptors (Lipinski definition) is 7. The minimum atomic E-state index is -0.984. The van der Waals surface area contributed by atoms with E-state index < -0.39 is 12.7 Å². The number of rotatable bonds is 4. The van der Waals surface area contributed by atoms with Crippen LogP contribution in [0.25, 0.3) is 11.2 Å². The van der Waals surface area contributed by atoms with Crippen LogP contribution in [-0.2, 0) is 0 Å². The fraction of sp³-hybridized carbons (Fsp3) is 0.375. The van der Waals surface area contributed by atoms with Crippen LogP contribution in [0.15, 0.2) is 6.33 Å². The van der Waals surface area contributed by atoms with Crippen molar-refractivity contribution in [2.75, 3.05) is 18.9 Å². The predicted octanol–water partition coefficient (Wildman–Crippen LogP) is -1.16. The number of aliphatic hydroxyl groups excluding tert-OH is 2. The van der Waals surface area contributed by atoms with Gasteiger partial charge in [-0.3, -0.25) is 0 Å². The van der Waals surface area contributed by atoms with Gasteiger partial charge in [0, 0.05) is 0 Å². The zero-order chi connectivity index (χ0) is 12.4. The van der Waals surface area contributed by atoms with Crippen molar-refractivity contribution in [1.82, 2.24) is 19.7 Å². The quantitative estimate of drug-likeness (QED) is 0.593. The van der Waals surface area contributed by atoms with Gasteiger partial charge in [-0.15, -0.1) is 0 Å². The second-order valence-electron chi connectivity index (χ2n) is 3.25. The fourth-order valence-corrected chi connectivity index (χ4v) is 1.40. The maximum absolute atomic E-state index is 9.15. The van der Waals surface area contributed by atoms with Crippen LogP contribution in [0.2, 0.25) is 5.15 Å². The molecule has 2 rings (SSSR count). The molecule has 2 heterocycles. The van der Waals surface area contributed by atoms with Crippen molar-refractivity contribution in [3.8, 4) is 0 Å². The highest BCUT2D eigenvalue weighted by Gasteiger charge is 2.12. The summed E-state index contributed by atoms with van der Waals surface area (Å²) in [5, 5.41) is 17.9. The summed E-state index contributed by atoms with van der Waals surface area (Å²) >= 11 is 5.81. The van der Waals surface area contributed by atoms with Gasteiger partial charge in [0.25, 0.3) is 0 Å². The molecule has 0 aliphatic rings. The molecule has 2 aromatic rings. The van der Waals surface area contributed by atoms with Gasteiger partial charge in [-0.25, -0.2) is 4.98 Å². The van der Waals surface area contributed by atoms with Crippen LogP contribution in [0.5, 0.6) is 0 Å². The Labute approximate surface area is 101 Å². The largest absolute Gasteiger partial charge is 0.408 e. The van der Waals surface area contributed by atoms with Gasteiger partial charge >= 0.3 is 0 Å². The number of nitrogens with two attached hydrogens (primary N) is 1. The summed E-state index contributed by atoms with van der Waals surface area (Å²) in [6, 6.07) is 0. The van der Waals surface area contributed by atoms with Gasteiger partial charge in [0.05, 0.1) is 6.61 Å². The van der Waals surface area contributed by atoms with Crippen molar-refractivity contribution in [1.29, 1.82) is 0 Å². The van der Waals surface area contributed by atoms with Crippen molar-refractivity contribution in [3.05, 3.63) is 11.5 Å². The lowest BCUT2D eigenvalue weighted by atomic mass is 10.4. The monoisotopic (exact) mass is 259 g/mol. The van der Waals surface area contributed by atoms with E-state index in [1.165, 1.54) is 11.1 Å². The Bertz CT molecular complexity index is 531. The number of halogens is 1. The van der Waals surface area contributed by atoms with Gasteiger partial charge in [0.2, 0.25) is 11.6 Å². The van der Waals surface area contributed by atoms with E-state index in [0.717, 1.165) is 0 Å². The molecule has 4 N–H and O–H groups in total. The zero-order valence-corrected chi connectivity index (χ0v) is 9.37. The molecule has 2 aromatic heterocycles. The number of nitrogens with zero attached hydrogens (tertiary/aromatic N) is 4. The summed E-state index contributed by atoms with van der Waals surface area (Å²) < 4.78 is 1.21. The normalized spacial score (nSPS) is 12.9. The van der Waals surface area contributed by atoms with E-state index in [2.05, 4.69) is 15.0 Å². The van der Waals surface area contributed by atoms with Crippen molar-refractivity contribution in [2.45, 2.75) is 6.10 Å². The summed E-state index contributed by atoms with van der Waals surface area (Å²) in [5.41, 5.74) is 6.09. The zero-order valence-electron chi connectivity index (χ0n) is 8.62. The van der Waals surface area contributed by atoms with E-state index >= 15 is 0 Å². The third-order valence-corrected chi connectivity index (χ3v) is 2.22. The molecule has 0 unspecified atom stereocenters. The van der Waals surface area contributed by atoms with Crippen molar-refractivity contribution in [2.24, 2.45) is 0 Å². The minimum absolute atomic E-state index is 0.00411. The maximum Gasteiger partial charge on any atom is 0.223 e. The van der Waals surface area contributed by atoms with E-state index in [1.54, 1.807) is 0 Å². The average Bonchev–Trinajstić information content (AvgIpc) is 2.69. The number of anilines is 1. The van der Waals surface area contributed by atoms with Gasteiger partial charge < -0.3 is 20.8 Å². The average molecular weight is 260 g/mol. The topological polar surface area (TPSA) is 119 Å². The van der Waals surface area contributed by atoms with Crippen molar-refractivity contribution in [3.63, 3.8) is 0 Å². The Morgan fingerprint density at radius 2 is 2.29 bits per heavy atom. The predicted molar refractivity (Wildman–Crippen MR) is 59.3 cm³/mol. The van der Waals surface area contributed by atoms with Crippen LogP contribution in [-0.4, -0.2) is 49.2 Å². The summed E-state index contributed by atoms with van der Waals surface area (Å²) in [7, 11) is 0. The van der Waals surface area contributed by atoms with Crippen LogP contribution in [0, 0.1) is 0 Å². The molecule has 8 nitrogen and oxygen atoms in total. The first-order valence-electron chi connectivity index (χ1n) is 4.70. The lowest BCUT2D eigenvalue weighted by Crippen LogP contribution is -2.26. The molecular formula is C8H10ClN5O3. The molecule has 0 spiro atoms. The number of nitrogen functional groups attached to an aromatic ring is 1. The molecule has 0 aliphatic carbocycles. The highest BCUT2D eigenvalue weighted by Crippen LogP contribution is 2.18. The molecule has 0 saturated heterocycles. The molecule has 17 heavy (non-hydrogen) atoms. The van der Waals surface area contributed by atoms with Gasteiger partial charge in [-0.05, 0) is 0 Å². The standard InChI is InChI=1S/C8H10ClN5O3/c9-6-5-7(13-8(10)12-6)14(3-11-5)17-2-4(16)1-15/h3-4,15-16H,1-2H2,(H2,10,12,13)/t4-/m1/s1. The molecule has 9 heteroatoms. The van der Waals surface area contributed by atoms with Gasteiger partial charge in [-0.2, -0.15) is 14.7 Å². The SMILES string of the molecule is Nc1nc(Cl)c2ncn(OC[C@H](O)CO)c2n1. The molecular weight excluding hydrogens is 250 g/mol. The molecule has 92 valence electrons. The third kappa shape index (κ3) is 2.38. The molecule has 0 amide bonds. The Hall–Kier alpha value is -1.64. The Morgan fingerprint density at radius 3 is 3.00 bits per heavy atom. The second-order valence-corrected chi connectivity index (χ2v) is 3.61. The highest BCUT2D eigenvalue weighted by molar-refractivity contribution is 6.33. The molecule has 0 fully saturated rings. The molecule has 0 aliphatic heterocycles. The lowest BCUT2D eigenvalue weighted by molar-refractivity contribution is 0.00239. The summed E-state index contributed by atoms with van der Waals surface area (Å²) in [6.45, 7) is -0.506. The van der Waals surface area contributed by atoms with Crippen LogP contribution in [0.1, 0.15) is 0 Å². The first kappa shape index (κ1) is 11.8. The fourth-order valence-electron chi connectivity index (χ4n) is 1.18. The number of imidazole rings is 1. The van der Waals surface area contributed by atoms with E-state index in [4.69, 9.17) is 32.4 Å². The number of aliphatic hydroxyl groups is 2. The number of hydrogen-bond donors (Lipinski definition) is 3. The smallest absolute Gasteiger partial charge is 0.223 e. The summed E-state index contributed by atoms with van der Waals surface area (Å²) in [6.07, 6.45) is 0.344. The Balaban J connectivity index is 2.29. The van der Waals surface area contributed by atoms with Gasteiger partial charge in [0.1, 0.15) is 24.6 Å². The lowest BCUT2D eigenvalue weighted by Gasteiger charge is -2.09. The molecule has 0 bridgehead atoms. The summed E-state index contributed by atoms with van der Waals surface area (Å²) in [4.78, 5) is 16.8. The Morgan fingerprint density at radius 1 is 1.53 bits per heavy atom. The van der Waals surface area contributed by atoms with Crippen LogP contribution < -0.4 is 10.6 Å². The van der Waals surface area contributed by atoms with E-state index in [-0.39, 0.29) is 17.7 Å². The van der Waals surface area contributed by atoms with Crippen LogP contribution in [0.4, 0.5) is 5.95 Å². The third-order valence-electron chi connectivity index (χ3n) is 1.96. The van der Waals surface area contributed by atoms with E-state index in [9.17, 15) is 0 Å². The first-order valence-corrected chi connectivity index (χ1v) is 5.08. The maximum atomic E-state index is 9.15. The Kier molecular flexibility index (Phi) is 3.27. The van der Waals surface area contributed by atoms with Crippen molar-refractivity contribution >= 4 is 28.7 Å². The summed E-state index contributed by atoms with van der Waals surface area (Å²) in [5.74, 6) is -0.00411. The number of fused-ring (bicyclic) bond motifs is 1. The van der Waals surface area contributed by atoms with Gasteiger partial charge in [0.15, 0.2) is 5.15 Å². The molecule has 0 radical (unpaired) electrons. The molecule has 0 saturated carbocycles. The molecule has 1 atom stereocenters. The van der Waals surface area contributed by atoms with Crippen LogP contribution in [0.3, 0.4) is 0 Å². The number of aromatic nitrogens is 4. The van der Waals surface area contributed by atoms with E-state index in [0.29, 0.717) is 11.2 Å². The molecule has 0 aromatic carbocycles. The van der Waals surface area contributed by atoms with E-state index in [1.807, 2.05) is 0 Å². The van der Waals surface area contributed by atoms with Gasteiger partial charge in [-0.1, -0.05) is 11.6 Å².